The lowest BCUT2D eigenvalue weighted by Gasteiger charge is -2.33. The van der Waals surface area contributed by atoms with E-state index in [-0.39, 0.29) is 11.6 Å². The quantitative estimate of drug-likeness (QED) is 0.644. The molecule has 0 aromatic heterocycles. The fraction of sp³-hybridized carbons (Fsp3) is 0.235. The van der Waals surface area contributed by atoms with Crippen LogP contribution in [0.5, 0.6) is 5.75 Å². The van der Waals surface area contributed by atoms with Crippen molar-refractivity contribution in [2.75, 3.05) is 4.90 Å². The van der Waals surface area contributed by atoms with Crippen molar-refractivity contribution in [3.05, 3.63) is 63.7 Å². The highest BCUT2D eigenvalue weighted by molar-refractivity contribution is 6.00. The molecule has 1 amide bonds. The first-order valence-corrected chi connectivity index (χ1v) is 7.28. The van der Waals surface area contributed by atoms with Crippen LogP contribution in [0.25, 0.3) is 0 Å². The maximum absolute atomic E-state index is 12.5. The number of nitrogens with zero attached hydrogens (tertiary/aromatic N) is 2. The summed E-state index contributed by atoms with van der Waals surface area (Å²) in [4.78, 5) is 24.8. The molecule has 0 spiro atoms. The van der Waals surface area contributed by atoms with Crippen LogP contribution in [0.3, 0.4) is 0 Å². The third kappa shape index (κ3) is 2.75. The Morgan fingerprint density at radius 2 is 1.96 bits per heavy atom. The molecule has 0 saturated carbocycles. The summed E-state index contributed by atoms with van der Waals surface area (Å²) in [6.45, 7) is 3.70. The number of fused-ring (bicyclic) bond motifs is 1. The van der Waals surface area contributed by atoms with Crippen molar-refractivity contribution in [1.29, 1.82) is 0 Å². The molecule has 0 unspecified atom stereocenters. The minimum Gasteiger partial charge on any atom is -0.478 e. The molecule has 2 aromatic carbocycles. The zero-order chi connectivity index (χ0) is 16.6. The number of nitro benzene ring substituents is 1. The SMILES string of the molecule is Cc1cc2c(cc1[N+](=O)[O-])O[C@H](C)C(=O)N2Cc1ccccc1. The Balaban J connectivity index is 2.06. The largest absolute Gasteiger partial charge is 0.478 e. The molecule has 118 valence electrons. The van der Waals surface area contributed by atoms with Gasteiger partial charge in [0.15, 0.2) is 11.9 Å². The molecule has 0 aliphatic carbocycles. The topological polar surface area (TPSA) is 72.7 Å². The van der Waals surface area contributed by atoms with Crippen molar-refractivity contribution in [1.82, 2.24) is 0 Å². The van der Waals surface area contributed by atoms with E-state index in [1.807, 2.05) is 30.3 Å². The first kappa shape index (κ1) is 15.0. The van der Waals surface area contributed by atoms with Gasteiger partial charge in [0.1, 0.15) is 0 Å². The van der Waals surface area contributed by atoms with Crippen molar-refractivity contribution in [2.45, 2.75) is 26.5 Å². The second kappa shape index (κ2) is 5.72. The van der Waals surface area contributed by atoms with Gasteiger partial charge in [0, 0.05) is 5.56 Å². The molecule has 6 nitrogen and oxygen atoms in total. The van der Waals surface area contributed by atoms with E-state index in [2.05, 4.69) is 0 Å². The minimum absolute atomic E-state index is 0.00930. The monoisotopic (exact) mass is 312 g/mol. The van der Waals surface area contributed by atoms with Crippen molar-refractivity contribution < 1.29 is 14.5 Å². The molecule has 0 saturated heterocycles. The van der Waals surface area contributed by atoms with Crippen molar-refractivity contribution in [3.8, 4) is 5.75 Å². The highest BCUT2D eigenvalue weighted by atomic mass is 16.6. The van der Waals surface area contributed by atoms with E-state index >= 15 is 0 Å². The smallest absolute Gasteiger partial charge is 0.276 e. The number of benzene rings is 2. The van der Waals surface area contributed by atoms with Gasteiger partial charge in [-0.2, -0.15) is 0 Å². The van der Waals surface area contributed by atoms with E-state index in [1.165, 1.54) is 6.07 Å². The van der Waals surface area contributed by atoms with Gasteiger partial charge in [-0.15, -0.1) is 0 Å². The molecule has 2 aromatic rings. The summed E-state index contributed by atoms with van der Waals surface area (Å²) in [7, 11) is 0. The van der Waals surface area contributed by atoms with Crippen LogP contribution in [0.4, 0.5) is 11.4 Å². The number of rotatable bonds is 3. The fourth-order valence-electron chi connectivity index (χ4n) is 2.67. The van der Waals surface area contributed by atoms with Gasteiger partial charge >= 0.3 is 0 Å². The zero-order valence-electron chi connectivity index (χ0n) is 12.9. The van der Waals surface area contributed by atoms with Crippen LogP contribution in [-0.2, 0) is 11.3 Å². The lowest BCUT2D eigenvalue weighted by Crippen LogP contribution is -2.44. The summed E-state index contributed by atoms with van der Waals surface area (Å²) >= 11 is 0. The van der Waals surface area contributed by atoms with E-state index in [0.29, 0.717) is 23.5 Å². The van der Waals surface area contributed by atoms with Gasteiger partial charge in [-0.1, -0.05) is 30.3 Å². The predicted molar refractivity (Wildman–Crippen MR) is 85.6 cm³/mol. The summed E-state index contributed by atoms with van der Waals surface area (Å²) in [5.74, 6) is 0.208. The Hall–Kier alpha value is -2.89. The Kier molecular flexibility index (Phi) is 3.73. The second-order valence-electron chi connectivity index (χ2n) is 5.53. The molecule has 1 aliphatic heterocycles. The molecule has 0 N–H and O–H groups in total. The standard InChI is InChI=1S/C17H16N2O4/c1-11-8-15-16(9-14(11)19(21)22)23-12(2)17(20)18(15)10-13-6-4-3-5-7-13/h3-9,12H,10H2,1-2H3/t12-/m1/s1. The summed E-state index contributed by atoms with van der Waals surface area (Å²) in [6.07, 6.45) is -0.673. The Bertz CT molecular complexity index is 774. The van der Waals surface area contributed by atoms with E-state index in [9.17, 15) is 14.9 Å². The van der Waals surface area contributed by atoms with Crippen LogP contribution in [0.2, 0.25) is 0 Å². The molecule has 0 radical (unpaired) electrons. The van der Waals surface area contributed by atoms with Crippen molar-refractivity contribution in [2.24, 2.45) is 0 Å². The van der Waals surface area contributed by atoms with E-state index in [0.717, 1.165) is 5.56 Å². The average molecular weight is 312 g/mol. The van der Waals surface area contributed by atoms with Crippen molar-refractivity contribution >= 4 is 17.3 Å². The number of anilines is 1. The Morgan fingerprint density at radius 3 is 2.61 bits per heavy atom. The number of nitro groups is 1. The number of carbonyl (C=O) groups excluding carboxylic acids is 1. The lowest BCUT2D eigenvalue weighted by atomic mass is 10.1. The molecule has 1 aliphatic rings. The van der Waals surface area contributed by atoms with E-state index in [4.69, 9.17) is 4.74 Å². The summed E-state index contributed by atoms with van der Waals surface area (Å²) in [6, 6.07) is 12.6. The Labute approximate surface area is 133 Å². The number of hydrogen-bond donors (Lipinski definition) is 0. The second-order valence-corrected chi connectivity index (χ2v) is 5.53. The molecule has 0 fully saturated rings. The van der Waals surface area contributed by atoms with E-state index in [1.54, 1.807) is 24.8 Å². The van der Waals surface area contributed by atoms with Gasteiger partial charge in [0.25, 0.3) is 11.6 Å². The average Bonchev–Trinajstić information content (AvgIpc) is 2.53. The van der Waals surface area contributed by atoms with Crippen LogP contribution in [-0.4, -0.2) is 16.9 Å². The van der Waals surface area contributed by atoms with Crippen molar-refractivity contribution in [3.63, 3.8) is 0 Å². The highest BCUT2D eigenvalue weighted by Crippen LogP contribution is 2.39. The van der Waals surface area contributed by atoms with Crippen LogP contribution in [0.1, 0.15) is 18.1 Å². The third-order valence-corrected chi connectivity index (χ3v) is 3.87. The Morgan fingerprint density at radius 1 is 1.26 bits per heavy atom. The molecule has 0 bridgehead atoms. The van der Waals surface area contributed by atoms with Crippen LogP contribution >= 0.6 is 0 Å². The number of hydrogen-bond acceptors (Lipinski definition) is 4. The molecule has 1 heterocycles. The maximum Gasteiger partial charge on any atom is 0.276 e. The first-order valence-electron chi connectivity index (χ1n) is 7.28. The number of amides is 1. The van der Waals surface area contributed by atoms with Crippen LogP contribution in [0, 0.1) is 17.0 Å². The summed E-state index contributed by atoms with van der Waals surface area (Å²) in [5.41, 5.74) is 2.04. The highest BCUT2D eigenvalue weighted by Gasteiger charge is 2.33. The lowest BCUT2D eigenvalue weighted by molar-refractivity contribution is -0.385. The number of ether oxygens (including phenoxy) is 1. The predicted octanol–water partition coefficient (Wildman–Crippen LogP) is 3.22. The summed E-state index contributed by atoms with van der Waals surface area (Å²) < 4.78 is 5.56. The first-order chi connectivity index (χ1) is 11.0. The molecule has 3 rings (SSSR count). The number of carbonyl (C=O) groups is 1. The zero-order valence-corrected chi connectivity index (χ0v) is 12.9. The number of aryl methyl sites for hydroxylation is 1. The van der Waals surface area contributed by atoms with Crippen LogP contribution in [0.15, 0.2) is 42.5 Å². The molecule has 23 heavy (non-hydrogen) atoms. The van der Waals surface area contributed by atoms with Gasteiger partial charge in [0.05, 0.1) is 23.2 Å². The van der Waals surface area contributed by atoms with Gasteiger partial charge in [0.2, 0.25) is 0 Å². The maximum atomic E-state index is 12.5. The molecular weight excluding hydrogens is 296 g/mol. The normalized spacial score (nSPS) is 16.7. The van der Waals surface area contributed by atoms with Gasteiger partial charge in [-0.3, -0.25) is 14.9 Å². The van der Waals surface area contributed by atoms with Gasteiger partial charge < -0.3 is 9.64 Å². The van der Waals surface area contributed by atoms with E-state index < -0.39 is 11.0 Å². The summed E-state index contributed by atoms with van der Waals surface area (Å²) in [5, 5.41) is 11.1. The van der Waals surface area contributed by atoms with Crippen LogP contribution < -0.4 is 9.64 Å². The third-order valence-electron chi connectivity index (χ3n) is 3.87. The molecule has 1 atom stereocenters. The molecular formula is C17H16N2O4. The minimum atomic E-state index is -0.673. The van der Waals surface area contributed by atoms with Gasteiger partial charge in [-0.05, 0) is 25.5 Å². The molecule has 6 heteroatoms. The van der Waals surface area contributed by atoms with Gasteiger partial charge in [-0.25, -0.2) is 0 Å². The fourth-order valence-corrected chi connectivity index (χ4v) is 2.67.